The number of anilines is 2. The van der Waals surface area contributed by atoms with E-state index in [4.69, 9.17) is 5.14 Å². The number of piperidine rings is 1. The molecule has 3 N–H and O–H groups in total. The summed E-state index contributed by atoms with van der Waals surface area (Å²) in [6.45, 7) is 2.15. The summed E-state index contributed by atoms with van der Waals surface area (Å²) in [6, 6.07) is 12.5. The molecule has 0 atom stereocenters. The fraction of sp³-hybridized carbons (Fsp3) is 0.250. The Kier molecular flexibility index (Phi) is 4.49. The van der Waals surface area contributed by atoms with Crippen LogP contribution in [0.4, 0.5) is 11.4 Å². The number of hydrogen-bond donors (Lipinski definition) is 2. The Balaban J connectivity index is 1.65. The number of nitrogens with zero attached hydrogens (tertiary/aromatic N) is 1. The third-order valence-electron chi connectivity index (χ3n) is 5.03. The highest BCUT2D eigenvalue weighted by molar-refractivity contribution is 7.89. The van der Waals surface area contributed by atoms with Gasteiger partial charge in [0.1, 0.15) is 0 Å². The number of fused-ring (bicyclic) bond motifs is 1. The lowest BCUT2D eigenvalue weighted by Crippen LogP contribution is -2.29. The van der Waals surface area contributed by atoms with Gasteiger partial charge in [-0.15, -0.1) is 0 Å². The average molecular weight is 383 g/mol. The van der Waals surface area contributed by atoms with Gasteiger partial charge in [0.2, 0.25) is 10.0 Å². The molecular weight excluding hydrogens is 362 g/mol. The summed E-state index contributed by atoms with van der Waals surface area (Å²) in [6.07, 6.45) is 5.49. The molecule has 2 aliphatic rings. The molecule has 1 fully saturated rings. The minimum absolute atomic E-state index is 0.0101. The van der Waals surface area contributed by atoms with Gasteiger partial charge in [-0.2, -0.15) is 0 Å². The minimum Gasteiger partial charge on any atom is -0.372 e. The average Bonchev–Trinajstić information content (AvgIpc) is 2.97. The smallest absolute Gasteiger partial charge is 0.256 e. The molecule has 140 valence electrons. The third kappa shape index (κ3) is 3.61. The van der Waals surface area contributed by atoms with Crippen LogP contribution in [-0.2, 0) is 14.8 Å². The molecule has 0 unspecified atom stereocenters. The molecule has 2 heterocycles. The van der Waals surface area contributed by atoms with Crippen LogP contribution >= 0.6 is 0 Å². The summed E-state index contributed by atoms with van der Waals surface area (Å²) >= 11 is 0. The number of hydrogen-bond acceptors (Lipinski definition) is 4. The van der Waals surface area contributed by atoms with Gasteiger partial charge in [-0.1, -0.05) is 12.1 Å². The van der Waals surface area contributed by atoms with Gasteiger partial charge in [-0.3, -0.25) is 4.79 Å². The van der Waals surface area contributed by atoms with E-state index in [1.165, 1.54) is 37.1 Å². The fourth-order valence-corrected chi connectivity index (χ4v) is 4.13. The highest BCUT2D eigenvalue weighted by Gasteiger charge is 2.25. The third-order valence-corrected chi connectivity index (χ3v) is 5.94. The molecule has 0 bridgehead atoms. The summed E-state index contributed by atoms with van der Waals surface area (Å²) < 4.78 is 23.2. The van der Waals surface area contributed by atoms with Gasteiger partial charge in [-0.25, -0.2) is 13.6 Å². The Morgan fingerprint density at radius 2 is 1.70 bits per heavy atom. The number of nitrogens with two attached hydrogens (primary N) is 1. The summed E-state index contributed by atoms with van der Waals surface area (Å²) in [5.74, 6) is -0.253. The van der Waals surface area contributed by atoms with Crippen LogP contribution in [0.2, 0.25) is 0 Å². The van der Waals surface area contributed by atoms with Gasteiger partial charge in [0, 0.05) is 35.6 Å². The Morgan fingerprint density at radius 1 is 1.00 bits per heavy atom. The second kappa shape index (κ2) is 6.83. The summed E-state index contributed by atoms with van der Waals surface area (Å²) in [5, 5.41) is 7.97. The first-order chi connectivity index (χ1) is 12.9. The maximum absolute atomic E-state index is 12.3. The van der Waals surface area contributed by atoms with Crippen LogP contribution in [0.15, 0.2) is 47.4 Å². The van der Waals surface area contributed by atoms with Crippen LogP contribution in [0.3, 0.4) is 0 Å². The van der Waals surface area contributed by atoms with Crippen molar-refractivity contribution in [2.24, 2.45) is 5.14 Å². The lowest BCUT2D eigenvalue weighted by molar-refractivity contribution is -0.110. The predicted octanol–water partition coefficient (Wildman–Crippen LogP) is 2.82. The molecule has 2 aliphatic heterocycles. The molecule has 0 saturated carbocycles. The number of amides is 1. The lowest BCUT2D eigenvalue weighted by Gasteiger charge is -2.28. The van der Waals surface area contributed by atoms with Gasteiger partial charge in [0.25, 0.3) is 5.91 Å². The number of carbonyl (C=O) groups excluding carboxylic acids is 1. The van der Waals surface area contributed by atoms with E-state index in [1.807, 2.05) is 12.1 Å². The van der Waals surface area contributed by atoms with Crippen LogP contribution in [0, 0.1) is 0 Å². The van der Waals surface area contributed by atoms with E-state index in [-0.39, 0.29) is 10.8 Å². The van der Waals surface area contributed by atoms with Crippen LogP contribution < -0.4 is 15.4 Å². The van der Waals surface area contributed by atoms with E-state index in [0.717, 1.165) is 18.7 Å². The molecule has 0 spiro atoms. The largest absolute Gasteiger partial charge is 0.372 e. The molecule has 7 heteroatoms. The molecule has 2 aromatic rings. The molecule has 27 heavy (non-hydrogen) atoms. The molecule has 2 aromatic carbocycles. The first-order valence-corrected chi connectivity index (χ1v) is 10.5. The number of sulfonamides is 1. The van der Waals surface area contributed by atoms with Gasteiger partial charge >= 0.3 is 0 Å². The zero-order valence-electron chi connectivity index (χ0n) is 14.8. The topological polar surface area (TPSA) is 92.5 Å². The van der Waals surface area contributed by atoms with Gasteiger partial charge in [0.15, 0.2) is 0 Å². The molecular formula is C20H21N3O3S. The van der Waals surface area contributed by atoms with Crippen molar-refractivity contribution in [1.82, 2.24) is 0 Å². The van der Waals surface area contributed by atoms with Crippen molar-refractivity contribution in [2.75, 3.05) is 23.3 Å². The zero-order chi connectivity index (χ0) is 19.0. The number of rotatable bonds is 3. The SMILES string of the molecule is NS(=O)(=O)c1ccc2c(c1)/C(=C\c1ccc(N3CCCCC3)cc1)C(=O)N2. The molecule has 0 aliphatic carbocycles. The Bertz CT molecular complexity index is 1020. The van der Waals surface area contributed by atoms with Crippen molar-refractivity contribution >= 4 is 39.0 Å². The van der Waals surface area contributed by atoms with Crippen molar-refractivity contribution in [3.63, 3.8) is 0 Å². The van der Waals surface area contributed by atoms with Crippen LogP contribution in [0.25, 0.3) is 11.6 Å². The predicted molar refractivity (Wildman–Crippen MR) is 107 cm³/mol. The summed E-state index contributed by atoms with van der Waals surface area (Å²) in [5.41, 5.74) is 3.64. The second-order valence-electron chi connectivity index (χ2n) is 6.90. The van der Waals surface area contributed by atoms with Gasteiger partial charge < -0.3 is 10.2 Å². The maximum Gasteiger partial charge on any atom is 0.256 e. The van der Waals surface area contributed by atoms with Crippen molar-refractivity contribution < 1.29 is 13.2 Å². The lowest BCUT2D eigenvalue weighted by atomic mass is 10.0. The molecule has 0 aromatic heterocycles. The van der Waals surface area contributed by atoms with Gasteiger partial charge in [0.05, 0.1) is 4.90 Å². The standard InChI is InChI=1S/C20H21N3O3S/c21-27(25,26)16-8-9-19-17(13-16)18(20(24)22-19)12-14-4-6-15(7-5-14)23-10-2-1-3-11-23/h4-9,12-13H,1-3,10-11H2,(H,22,24)(H2,21,25,26)/b18-12+. The molecule has 0 radical (unpaired) electrons. The maximum atomic E-state index is 12.3. The first kappa shape index (κ1) is 17.8. The molecule has 1 amide bonds. The Morgan fingerprint density at radius 3 is 2.37 bits per heavy atom. The number of primary sulfonamides is 1. The van der Waals surface area contributed by atoms with E-state index in [1.54, 1.807) is 12.1 Å². The summed E-state index contributed by atoms with van der Waals surface area (Å²) in [4.78, 5) is 14.7. The minimum atomic E-state index is -3.83. The Hall–Kier alpha value is -2.64. The molecule has 1 saturated heterocycles. The first-order valence-electron chi connectivity index (χ1n) is 8.97. The van der Waals surface area contributed by atoms with Gasteiger partial charge in [-0.05, 0) is 61.2 Å². The van der Waals surface area contributed by atoms with E-state index in [0.29, 0.717) is 16.8 Å². The Labute approximate surface area is 158 Å². The van der Waals surface area contributed by atoms with Crippen LogP contribution in [0.1, 0.15) is 30.4 Å². The quantitative estimate of drug-likeness (QED) is 0.797. The van der Waals surface area contributed by atoms with E-state index >= 15 is 0 Å². The van der Waals surface area contributed by atoms with E-state index < -0.39 is 10.0 Å². The second-order valence-corrected chi connectivity index (χ2v) is 8.47. The van der Waals surface area contributed by atoms with E-state index in [9.17, 15) is 13.2 Å². The monoisotopic (exact) mass is 383 g/mol. The van der Waals surface area contributed by atoms with Crippen LogP contribution in [-0.4, -0.2) is 27.4 Å². The molecule has 4 rings (SSSR count). The normalized spacial score (nSPS) is 18.5. The highest BCUT2D eigenvalue weighted by atomic mass is 32.2. The summed E-state index contributed by atoms with van der Waals surface area (Å²) in [7, 11) is -3.83. The molecule has 6 nitrogen and oxygen atoms in total. The van der Waals surface area contributed by atoms with Crippen molar-refractivity contribution in [1.29, 1.82) is 0 Å². The number of carbonyl (C=O) groups is 1. The fourth-order valence-electron chi connectivity index (χ4n) is 3.59. The van der Waals surface area contributed by atoms with Crippen LogP contribution in [0.5, 0.6) is 0 Å². The number of benzene rings is 2. The van der Waals surface area contributed by atoms with Crippen molar-refractivity contribution in [2.45, 2.75) is 24.2 Å². The number of nitrogens with one attached hydrogen (secondary N) is 1. The van der Waals surface area contributed by atoms with E-state index in [2.05, 4.69) is 22.3 Å². The zero-order valence-corrected chi connectivity index (χ0v) is 15.6. The van der Waals surface area contributed by atoms with Crippen molar-refractivity contribution in [3.05, 3.63) is 53.6 Å². The van der Waals surface area contributed by atoms with Crippen molar-refractivity contribution in [3.8, 4) is 0 Å². The highest BCUT2D eigenvalue weighted by Crippen LogP contribution is 2.34.